The Kier molecular flexibility index (Phi) is 3.13. The van der Waals surface area contributed by atoms with Crippen molar-refractivity contribution in [3.05, 3.63) is 70.4 Å². The van der Waals surface area contributed by atoms with Gasteiger partial charge in [-0.15, -0.1) is 22.7 Å². The molecule has 0 fully saturated rings. The van der Waals surface area contributed by atoms with Crippen molar-refractivity contribution in [1.82, 2.24) is 0 Å². The van der Waals surface area contributed by atoms with E-state index in [0.29, 0.717) is 9.75 Å². The zero-order chi connectivity index (χ0) is 15.1. The van der Waals surface area contributed by atoms with Crippen molar-refractivity contribution < 1.29 is 9.59 Å². The molecule has 22 heavy (non-hydrogen) atoms. The van der Waals surface area contributed by atoms with Gasteiger partial charge in [0.2, 0.25) is 11.6 Å². The number of hydrogen-bond acceptors (Lipinski definition) is 4. The van der Waals surface area contributed by atoms with Gasteiger partial charge in [-0.1, -0.05) is 36.4 Å². The molecule has 2 aromatic heterocycles. The number of thiophene rings is 2. The molecule has 4 aromatic rings. The van der Waals surface area contributed by atoms with Crippen LogP contribution in [0, 0.1) is 0 Å². The third-order valence-electron chi connectivity index (χ3n) is 3.50. The second-order valence-corrected chi connectivity index (χ2v) is 7.12. The maximum absolute atomic E-state index is 12.5. The lowest BCUT2D eigenvalue weighted by Gasteiger charge is -1.93. The third kappa shape index (κ3) is 2.17. The Morgan fingerprint density at radius 3 is 1.45 bits per heavy atom. The average Bonchev–Trinajstić information content (AvgIpc) is 3.16. The Morgan fingerprint density at radius 1 is 0.636 bits per heavy atom. The largest absolute Gasteiger partial charge is 0.284 e. The van der Waals surface area contributed by atoms with Gasteiger partial charge in [0.25, 0.3) is 0 Å². The first-order valence-electron chi connectivity index (χ1n) is 6.78. The number of ketones is 2. The summed E-state index contributed by atoms with van der Waals surface area (Å²) in [5.74, 6) is -0.847. The second-order valence-electron chi connectivity index (χ2n) is 4.96. The van der Waals surface area contributed by atoms with Crippen LogP contribution in [0.3, 0.4) is 0 Å². The lowest BCUT2D eigenvalue weighted by Crippen LogP contribution is -2.11. The van der Waals surface area contributed by atoms with E-state index in [4.69, 9.17) is 0 Å². The zero-order valence-electron chi connectivity index (χ0n) is 11.4. The topological polar surface area (TPSA) is 34.1 Å². The highest BCUT2D eigenvalue weighted by Gasteiger charge is 2.22. The van der Waals surface area contributed by atoms with Crippen LogP contribution in [0.15, 0.2) is 60.7 Å². The molecule has 2 nitrogen and oxygen atoms in total. The van der Waals surface area contributed by atoms with Crippen molar-refractivity contribution in [3.63, 3.8) is 0 Å². The summed E-state index contributed by atoms with van der Waals surface area (Å²) < 4.78 is 2.05. The predicted molar refractivity (Wildman–Crippen MR) is 92.3 cm³/mol. The molecule has 0 N–H and O–H groups in total. The van der Waals surface area contributed by atoms with Crippen LogP contribution < -0.4 is 0 Å². The van der Waals surface area contributed by atoms with Crippen molar-refractivity contribution in [3.8, 4) is 0 Å². The first kappa shape index (κ1) is 13.4. The van der Waals surface area contributed by atoms with Crippen molar-refractivity contribution in [1.29, 1.82) is 0 Å². The first-order valence-corrected chi connectivity index (χ1v) is 8.42. The number of rotatable bonds is 3. The molecular weight excluding hydrogens is 312 g/mol. The van der Waals surface area contributed by atoms with Crippen molar-refractivity contribution in [2.75, 3.05) is 0 Å². The van der Waals surface area contributed by atoms with Gasteiger partial charge in [-0.2, -0.15) is 0 Å². The normalized spacial score (nSPS) is 11.1. The summed E-state index contributed by atoms with van der Waals surface area (Å²) in [6, 6.07) is 19.1. The number of hydrogen-bond donors (Lipinski definition) is 0. The summed E-state index contributed by atoms with van der Waals surface area (Å²) in [6.07, 6.45) is 0. The van der Waals surface area contributed by atoms with E-state index in [-0.39, 0.29) is 0 Å². The highest BCUT2D eigenvalue weighted by molar-refractivity contribution is 7.23. The molecule has 4 heteroatoms. The first-order chi connectivity index (χ1) is 10.7. The highest BCUT2D eigenvalue weighted by atomic mass is 32.1. The van der Waals surface area contributed by atoms with E-state index in [1.54, 1.807) is 12.1 Å². The van der Waals surface area contributed by atoms with Crippen LogP contribution in [0.2, 0.25) is 0 Å². The Morgan fingerprint density at radius 2 is 1.05 bits per heavy atom. The van der Waals surface area contributed by atoms with E-state index < -0.39 is 11.6 Å². The minimum absolute atomic E-state index is 0.423. The van der Waals surface area contributed by atoms with Gasteiger partial charge in [0.05, 0.1) is 9.75 Å². The van der Waals surface area contributed by atoms with E-state index in [0.717, 1.165) is 20.2 Å². The predicted octanol–water partition coefficient (Wildman–Crippen LogP) is 5.18. The average molecular weight is 322 g/mol. The van der Waals surface area contributed by atoms with Crippen molar-refractivity contribution in [2.45, 2.75) is 0 Å². The van der Waals surface area contributed by atoms with E-state index in [1.807, 2.05) is 48.5 Å². The molecule has 2 aromatic carbocycles. The molecule has 0 unspecified atom stereocenters. The molecular formula is C18H10O2S2. The summed E-state index contributed by atoms with van der Waals surface area (Å²) in [4.78, 5) is 25.9. The van der Waals surface area contributed by atoms with Crippen LogP contribution >= 0.6 is 22.7 Å². The molecule has 0 spiro atoms. The fourth-order valence-electron chi connectivity index (χ4n) is 2.41. The van der Waals surface area contributed by atoms with E-state index >= 15 is 0 Å². The van der Waals surface area contributed by atoms with Gasteiger partial charge in [0.15, 0.2) is 0 Å². The van der Waals surface area contributed by atoms with Crippen LogP contribution in [0.25, 0.3) is 20.2 Å². The molecule has 0 aliphatic rings. The molecule has 0 saturated heterocycles. The highest BCUT2D eigenvalue weighted by Crippen LogP contribution is 2.29. The van der Waals surface area contributed by atoms with Gasteiger partial charge in [0.1, 0.15) is 0 Å². The summed E-state index contributed by atoms with van der Waals surface area (Å²) in [5, 5.41) is 2.00. The van der Waals surface area contributed by atoms with E-state index in [9.17, 15) is 9.59 Å². The van der Waals surface area contributed by atoms with Gasteiger partial charge < -0.3 is 0 Å². The SMILES string of the molecule is O=C(C(=O)c1cc2ccccc2s1)c1cc2ccccc2s1. The number of fused-ring (bicyclic) bond motifs is 2. The standard InChI is InChI=1S/C18H10O2S2/c19-17(15-9-11-5-1-3-7-13(11)21-15)18(20)16-10-12-6-2-4-8-14(12)22-16/h1-10H. The third-order valence-corrected chi connectivity index (χ3v) is 5.73. The Labute approximate surface area is 134 Å². The Bertz CT molecular complexity index is 874. The number of Topliss-reactive ketones (excluding diaryl/α,β-unsaturated/α-hetero) is 2. The van der Waals surface area contributed by atoms with Crippen LogP contribution in [0.1, 0.15) is 19.3 Å². The number of benzene rings is 2. The molecule has 0 amide bonds. The summed E-state index contributed by atoms with van der Waals surface area (Å²) >= 11 is 2.74. The van der Waals surface area contributed by atoms with Gasteiger partial charge in [-0.05, 0) is 35.0 Å². The minimum atomic E-state index is -0.423. The van der Waals surface area contributed by atoms with E-state index in [2.05, 4.69) is 0 Å². The van der Waals surface area contributed by atoms with Gasteiger partial charge in [0, 0.05) is 9.40 Å². The van der Waals surface area contributed by atoms with Gasteiger partial charge in [-0.25, -0.2) is 0 Å². The number of carbonyl (C=O) groups is 2. The van der Waals surface area contributed by atoms with Crippen LogP contribution in [0.4, 0.5) is 0 Å². The molecule has 0 radical (unpaired) electrons. The monoisotopic (exact) mass is 322 g/mol. The second kappa shape index (κ2) is 5.16. The Hall–Kier alpha value is -2.30. The van der Waals surface area contributed by atoms with Crippen LogP contribution in [-0.2, 0) is 0 Å². The van der Waals surface area contributed by atoms with Gasteiger partial charge >= 0.3 is 0 Å². The maximum atomic E-state index is 12.5. The fourth-order valence-corrected chi connectivity index (χ4v) is 4.41. The summed E-state index contributed by atoms with van der Waals surface area (Å²) in [7, 11) is 0. The number of carbonyl (C=O) groups excluding carboxylic acids is 2. The molecule has 4 rings (SSSR count). The molecule has 0 aliphatic carbocycles. The Balaban J connectivity index is 1.73. The van der Waals surface area contributed by atoms with Crippen LogP contribution in [0.5, 0.6) is 0 Å². The zero-order valence-corrected chi connectivity index (χ0v) is 13.0. The summed E-state index contributed by atoms with van der Waals surface area (Å²) in [6.45, 7) is 0. The molecule has 0 atom stereocenters. The smallest absolute Gasteiger partial charge is 0.244 e. The quantitative estimate of drug-likeness (QED) is 0.384. The molecule has 0 bridgehead atoms. The van der Waals surface area contributed by atoms with E-state index in [1.165, 1.54) is 22.7 Å². The minimum Gasteiger partial charge on any atom is -0.284 e. The van der Waals surface area contributed by atoms with Gasteiger partial charge in [-0.3, -0.25) is 9.59 Å². The van der Waals surface area contributed by atoms with Crippen molar-refractivity contribution in [2.24, 2.45) is 0 Å². The molecule has 0 aliphatic heterocycles. The molecule has 106 valence electrons. The maximum Gasteiger partial charge on any atom is 0.244 e. The summed E-state index contributed by atoms with van der Waals surface area (Å²) in [5.41, 5.74) is 0. The van der Waals surface area contributed by atoms with Crippen molar-refractivity contribution >= 4 is 54.4 Å². The lowest BCUT2D eigenvalue weighted by molar-refractivity contribution is 0.0822. The lowest BCUT2D eigenvalue weighted by atomic mass is 10.1. The molecule has 0 saturated carbocycles. The molecule has 2 heterocycles. The fraction of sp³-hybridized carbons (Fsp3) is 0. The van der Waals surface area contributed by atoms with Crippen LogP contribution in [-0.4, -0.2) is 11.6 Å².